The number of fused-ring (bicyclic) bond motifs is 1. The lowest BCUT2D eigenvalue weighted by Gasteiger charge is -2.31. The highest BCUT2D eigenvalue weighted by molar-refractivity contribution is 5.87. The molecule has 0 aliphatic carbocycles. The largest absolute Gasteiger partial charge is 0.477 e. The summed E-state index contributed by atoms with van der Waals surface area (Å²) in [5, 5.41) is 9.06. The molecule has 0 fully saturated rings. The molecule has 3 rings (SSSR count). The van der Waals surface area contributed by atoms with E-state index in [-0.39, 0.29) is 5.69 Å². The number of hydrogen-bond acceptors (Lipinski definition) is 3. The van der Waals surface area contributed by atoms with Gasteiger partial charge in [-0.1, -0.05) is 17.7 Å². The van der Waals surface area contributed by atoms with Crippen LogP contribution >= 0.6 is 0 Å². The van der Waals surface area contributed by atoms with Gasteiger partial charge < -0.3 is 10.0 Å². The number of aryl methyl sites for hydroxylation is 2. The van der Waals surface area contributed by atoms with Crippen LogP contribution in [-0.2, 0) is 6.42 Å². The number of carbonyl (C=O) groups is 1. The number of carboxylic acid groups (broad SMARTS) is 1. The number of aromatic nitrogens is 1. The van der Waals surface area contributed by atoms with Crippen molar-refractivity contribution in [3.05, 3.63) is 53.3 Å². The summed E-state index contributed by atoms with van der Waals surface area (Å²) in [7, 11) is 0. The highest BCUT2D eigenvalue weighted by Gasteiger charge is 2.19. The van der Waals surface area contributed by atoms with Crippen LogP contribution in [0.1, 0.15) is 28.0 Å². The topological polar surface area (TPSA) is 53.4 Å². The summed E-state index contributed by atoms with van der Waals surface area (Å²) in [5.41, 5.74) is 4.73. The van der Waals surface area contributed by atoms with Crippen LogP contribution in [0.3, 0.4) is 0 Å². The van der Waals surface area contributed by atoms with E-state index >= 15 is 0 Å². The van der Waals surface area contributed by atoms with Gasteiger partial charge >= 0.3 is 5.97 Å². The maximum Gasteiger partial charge on any atom is 0.354 e. The van der Waals surface area contributed by atoms with Crippen LogP contribution in [0, 0.1) is 6.92 Å². The highest BCUT2D eigenvalue weighted by atomic mass is 16.4. The van der Waals surface area contributed by atoms with Crippen molar-refractivity contribution in [3.8, 4) is 0 Å². The molecular weight excluding hydrogens is 252 g/mol. The maximum absolute atomic E-state index is 11.0. The van der Waals surface area contributed by atoms with Crippen LogP contribution in [-0.4, -0.2) is 22.6 Å². The van der Waals surface area contributed by atoms with Gasteiger partial charge in [-0.15, -0.1) is 0 Å². The first kappa shape index (κ1) is 12.7. The Morgan fingerprint density at radius 3 is 2.95 bits per heavy atom. The first-order valence-corrected chi connectivity index (χ1v) is 6.71. The summed E-state index contributed by atoms with van der Waals surface area (Å²) in [6.45, 7) is 2.99. The van der Waals surface area contributed by atoms with E-state index in [1.165, 1.54) is 16.8 Å². The fraction of sp³-hybridized carbons (Fsp3) is 0.250. The van der Waals surface area contributed by atoms with Gasteiger partial charge in [0.05, 0.1) is 0 Å². The first-order chi connectivity index (χ1) is 9.65. The van der Waals surface area contributed by atoms with Gasteiger partial charge in [-0.25, -0.2) is 9.78 Å². The van der Waals surface area contributed by atoms with Gasteiger partial charge in [0.25, 0.3) is 0 Å². The van der Waals surface area contributed by atoms with Crippen molar-refractivity contribution >= 4 is 17.3 Å². The molecule has 0 saturated heterocycles. The predicted octanol–water partition coefficient (Wildman–Crippen LogP) is 3.17. The molecule has 0 amide bonds. The molecule has 2 aromatic rings. The Morgan fingerprint density at radius 1 is 1.30 bits per heavy atom. The van der Waals surface area contributed by atoms with Crippen LogP contribution in [0.4, 0.5) is 11.4 Å². The van der Waals surface area contributed by atoms with Gasteiger partial charge in [0, 0.05) is 24.1 Å². The smallest absolute Gasteiger partial charge is 0.354 e. The van der Waals surface area contributed by atoms with E-state index in [1.807, 2.05) is 6.07 Å². The van der Waals surface area contributed by atoms with Crippen LogP contribution in [0.15, 0.2) is 36.5 Å². The molecule has 1 aromatic carbocycles. The Balaban J connectivity index is 2.04. The molecule has 1 aliphatic heterocycles. The molecule has 2 heterocycles. The van der Waals surface area contributed by atoms with Crippen molar-refractivity contribution in [2.24, 2.45) is 0 Å². The average Bonchev–Trinajstić information content (AvgIpc) is 2.46. The van der Waals surface area contributed by atoms with E-state index in [0.29, 0.717) is 0 Å². The maximum atomic E-state index is 11.0. The number of aromatic carboxylic acids is 1. The molecule has 0 radical (unpaired) electrons. The van der Waals surface area contributed by atoms with Crippen LogP contribution in [0.2, 0.25) is 0 Å². The summed E-state index contributed by atoms with van der Waals surface area (Å²) in [4.78, 5) is 17.1. The zero-order valence-corrected chi connectivity index (χ0v) is 11.3. The van der Waals surface area contributed by atoms with Crippen molar-refractivity contribution in [2.45, 2.75) is 19.8 Å². The zero-order valence-electron chi connectivity index (χ0n) is 11.3. The van der Waals surface area contributed by atoms with Crippen molar-refractivity contribution in [1.82, 2.24) is 4.98 Å². The molecule has 1 aliphatic rings. The first-order valence-electron chi connectivity index (χ1n) is 6.71. The number of rotatable bonds is 2. The van der Waals surface area contributed by atoms with Crippen molar-refractivity contribution < 1.29 is 9.90 Å². The molecule has 20 heavy (non-hydrogen) atoms. The van der Waals surface area contributed by atoms with Gasteiger partial charge in [-0.3, -0.25) is 0 Å². The molecule has 102 valence electrons. The Bertz CT molecular complexity index is 667. The van der Waals surface area contributed by atoms with Crippen molar-refractivity contribution in [3.63, 3.8) is 0 Å². The molecule has 0 bridgehead atoms. The summed E-state index contributed by atoms with van der Waals surface area (Å²) in [5.74, 6) is -0.993. The number of hydrogen-bond donors (Lipinski definition) is 1. The van der Waals surface area contributed by atoms with E-state index in [0.717, 1.165) is 25.1 Å². The molecule has 0 spiro atoms. The van der Waals surface area contributed by atoms with Gasteiger partial charge in [0.15, 0.2) is 0 Å². The summed E-state index contributed by atoms with van der Waals surface area (Å²) in [6, 6.07) is 9.92. The standard InChI is InChI=1S/C16H16N2O2/c1-11-4-5-15-12(9-11)3-2-8-18(15)13-6-7-17-14(10-13)16(19)20/h4-7,9-10H,2-3,8H2,1H3,(H,19,20). The number of benzene rings is 1. The monoisotopic (exact) mass is 268 g/mol. The summed E-state index contributed by atoms with van der Waals surface area (Å²) < 4.78 is 0. The highest BCUT2D eigenvalue weighted by Crippen LogP contribution is 2.33. The van der Waals surface area contributed by atoms with Crippen molar-refractivity contribution in [2.75, 3.05) is 11.4 Å². The molecule has 4 nitrogen and oxygen atoms in total. The molecule has 1 aromatic heterocycles. The Labute approximate surface area is 117 Å². The van der Waals surface area contributed by atoms with E-state index in [2.05, 4.69) is 35.0 Å². The lowest BCUT2D eigenvalue weighted by molar-refractivity contribution is 0.0690. The number of pyridine rings is 1. The lowest BCUT2D eigenvalue weighted by atomic mass is 9.99. The molecule has 4 heteroatoms. The third kappa shape index (κ3) is 2.25. The summed E-state index contributed by atoms with van der Waals surface area (Å²) in [6.07, 6.45) is 3.70. The van der Waals surface area contributed by atoms with Gasteiger partial charge in [-0.05, 0) is 43.5 Å². The Hall–Kier alpha value is -2.36. The second kappa shape index (κ2) is 4.96. The van der Waals surface area contributed by atoms with E-state index in [1.54, 1.807) is 12.3 Å². The van der Waals surface area contributed by atoms with E-state index < -0.39 is 5.97 Å². The minimum absolute atomic E-state index is 0.0849. The quantitative estimate of drug-likeness (QED) is 0.909. The number of carboxylic acids is 1. The normalized spacial score (nSPS) is 13.9. The van der Waals surface area contributed by atoms with Crippen LogP contribution < -0.4 is 4.90 Å². The van der Waals surface area contributed by atoms with Gasteiger partial charge in [0.1, 0.15) is 5.69 Å². The lowest BCUT2D eigenvalue weighted by Crippen LogP contribution is -2.24. The third-order valence-electron chi connectivity index (χ3n) is 3.63. The van der Waals surface area contributed by atoms with Crippen molar-refractivity contribution in [1.29, 1.82) is 0 Å². The molecular formula is C16H16N2O2. The molecule has 0 atom stereocenters. The molecule has 0 unspecified atom stereocenters. The van der Waals surface area contributed by atoms with Crippen LogP contribution in [0.25, 0.3) is 0 Å². The number of nitrogens with zero attached hydrogens (tertiary/aromatic N) is 2. The van der Waals surface area contributed by atoms with Gasteiger partial charge in [0.2, 0.25) is 0 Å². The fourth-order valence-electron chi connectivity index (χ4n) is 2.70. The molecule has 0 saturated carbocycles. The second-order valence-electron chi connectivity index (χ2n) is 5.09. The van der Waals surface area contributed by atoms with Gasteiger partial charge in [-0.2, -0.15) is 0 Å². The van der Waals surface area contributed by atoms with Crippen LogP contribution in [0.5, 0.6) is 0 Å². The summed E-state index contributed by atoms with van der Waals surface area (Å²) >= 11 is 0. The number of anilines is 2. The predicted molar refractivity (Wildman–Crippen MR) is 77.7 cm³/mol. The SMILES string of the molecule is Cc1ccc2c(c1)CCCN2c1ccnc(C(=O)O)c1. The third-order valence-corrected chi connectivity index (χ3v) is 3.63. The Kier molecular flexibility index (Phi) is 3.14. The Morgan fingerprint density at radius 2 is 2.15 bits per heavy atom. The molecule has 1 N–H and O–H groups in total. The van der Waals surface area contributed by atoms with E-state index in [9.17, 15) is 4.79 Å². The van der Waals surface area contributed by atoms with E-state index in [4.69, 9.17) is 5.11 Å². The fourth-order valence-corrected chi connectivity index (χ4v) is 2.70. The zero-order chi connectivity index (χ0) is 14.1. The average molecular weight is 268 g/mol. The minimum atomic E-state index is -0.993. The second-order valence-corrected chi connectivity index (χ2v) is 5.09. The minimum Gasteiger partial charge on any atom is -0.477 e.